The maximum Gasteiger partial charge on any atom is 0.416 e. The molecule has 4 rings (SSSR count). The van der Waals surface area contributed by atoms with Gasteiger partial charge in [-0.2, -0.15) is 13.2 Å². The normalized spacial score (nSPS) is 11.9. The molecule has 0 saturated heterocycles. The number of benzene rings is 2. The summed E-state index contributed by atoms with van der Waals surface area (Å²) in [5.74, 6) is -0.198. The molecule has 2 aromatic carbocycles. The second kappa shape index (κ2) is 10.7. The number of aromatic nitrogens is 3. The van der Waals surface area contributed by atoms with Crippen LogP contribution in [-0.4, -0.2) is 47.4 Å². The van der Waals surface area contributed by atoms with Crippen LogP contribution in [0.25, 0.3) is 11.0 Å². The van der Waals surface area contributed by atoms with E-state index in [1.807, 2.05) is 4.57 Å². The molecular formula is C25H24F3N5O4S. The number of ether oxygens (including phenoxy) is 1. The summed E-state index contributed by atoms with van der Waals surface area (Å²) in [7, 11) is -3.42. The minimum Gasteiger partial charge on any atom is -0.457 e. The van der Waals surface area contributed by atoms with Crippen molar-refractivity contribution in [3.05, 3.63) is 72.2 Å². The van der Waals surface area contributed by atoms with Crippen molar-refractivity contribution in [2.75, 3.05) is 23.9 Å². The SMILES string of the molecule is Cc1cc(Nc2ncnc3ccn(CCNC(=O)CS(C)(=O)=O)c23)ccc1Oc1cccc(C(F)(F)F)c1. The maximum atomic E-state index is 13.0. The molecule has 2 aromatic heterocycles. The third-order valence-corrected chi connectivity index (χ3v) is 6.23. The van der Waals surface area contributed by atoms with E-state index >= 15 is 0 Å². The van der Waals surface area contributed by atoms with Gasteiger partial charge in [-0.05, 0) is 55.0 Å². The van der Waals surface area contributed by atoms with Crippen molar-refractivity contribution < 1.29 is 31.1 Å². The van der Waals surface area contributed by atoms with E-state index in [2.05, 4.69) is 20.6 Å². The topological polar surface area (TPSA) is 115 Å². The van der Waals surface area contributed by atoms with E-state index < -0.39 is 33.2 Å². The molecule has 0 unspecified atom stereocenters. The summed E-state index contributed by atoms with van der Waals surface area (Å²) in [5.41, 5.74) is 1.88. The molecule has 9 nitrogen and oxygen atoms in total. The predicted octanol–water partition coefficient (Wildman–Crippen LogP) is 4.46. The number of aryl methyl sites for hydroxylation is 1. The molecule has 0 radical (unpaired) electrons. The van der Waals surface area contributed by atoms with E-state index in [1.165, 1.54) is 18.5 Å². The Hall–Kier alpha value is -4.13. The van der Waals surface area contributed by atoms with Gasteiger partial charge in [0.1, 0.15) is 29.1 Å². The first-order chi connectivity index (χ1) is 17.9. The van der Waals surface area contributed by atoms with Crippen molar-refractivity contribution in [2.24, 2.45) is 0 Å². The van der Waals surface area contributed by atoms with Crippen LogP contribution in [0.3, 0.4) is 0 Å². The van der Waals surface area contributed by atoms with Gasteiger partial charge >= 0.3 is 6.18 Å². The van der Waals surface area contributed by atoms with Crippen molar-refractivity contribution in [1.82, 2.24) is 19.9 Å². The lowest BCUT2D eigenvalue weighted by atomic mass is 10.2. The lowest BCUT2D eigenvalue weighted by molar-refractivity contribution is -0.137. The minimum atomic E-state index is -4.47. The van der Waals surface area contributed by atoms with Crippen LogP contribution < -0.4 is 15.4 Å². The van der Waals surface area contributed by atoms with Crippen LogP contribution in [0.2, 0.25) is 0 Å². The number of alkyl halides is 3. The van der Waals surface area contributed by atoms with Crippen molar-refractivity contribution in [3.63, 3.8) is 0 Å². The Morgan fingerprint density at radius 1 is 1.11 bits per heavy atom. The zero-order valence-corrected chi connectivity index (χ0v) is 21.2. The number of anilines is 2. The number of nitrogens with one attached hydrogen (secondary N) is 2. The van der Waals surface area contributed by atoms with Crippen molar-refractivity contribution in [3.8, 4) is 11.5 Å². The predicted molar refractivity (Wildman–Crippen MR) is 136 cm³/mol. The molecule has 2 N–H and O–H groups in total. The zero-order chi connectivity index (χ0) is 27.5. The fourth-order valence-corrected chi connectivity index (χ4v) is 4.33. The Balaban J connectivity index is 1.49. The van der Waals surface area contributed by atoms with E-state index in [4.69, 9.17) is 4.74 Å². The Morgan fingerprint density at radius 3 is 2.61 bits per heavy atom. The molecule has 0 aliphatic rings. The summed E-state index contributed by atoms with van der Waals surface area (Å²) in [6, 6.07) is 11.6. The number of rotatable bonds is 9. The molecule has 0 spiro atoms. The number of nitrogens with zero attached hydrogens (tertiary/aromatic N) is 3. The molecule has 0 atom stereocenters. The van der Waals surface area contributed by atoms with Crippen LogP contribution in [0.15, 0.2) is 61.1 Å². The monoisotopic (exact) mass is 547 g/mol. The van der Waals surface area contributed by atoms with Gasteiger partial charge in [-0.3, -0.25) is 4.79 Å². The molecule has 0 aliphatic heterocycles. The van der Waals surface area contributed by atoms with Gasteiger partial charge in [0.05, 0.1) is 11.1 Å². The molecule has 0 aliphatic carbocycles. The number of sulfone groups is 1. The number of carbonyl (C=O) groups excluding carboxylic acids is 1. The highest BCUT2D eigenvalue weighted by atomic mass is 32.2. The lowest BCUT2D eigenvalue weighted by Gasteiger charge is -2.14. The standard InChI is InChI=1S/C25H24F3N5O4S/c1-16-12-18(6-7-21(16)37-19-5-3-4-17(13-19)25(26,27)28)32-24-23-20(30-15-31-24)8-10-33(23)11-9-29-22(34)14-38(2,35)36/h3-8,10,12-13,15H,9,11,14H2,1-2H3,(H,29,34)(H,30,31,32). The fourth-order valence-electron chi connectivity index (χ4n) is 3.76. The van der Waals surface area contributed by atoms with Gasteiger partial charge in [0.25, 0.3) is 0 Å². The van der Waals surface area contributed by atoms with Gasteiger partial charge in [-0.25, -0.2) is 18.4 Å². The first-order valence-electron chi connectivity index (χ1n) is 11.4. The number of carbonyl (C=O) groups is 1. The van der Waals surface area contributed by atoms with Gasteiger partial charge in [-0.1, -0.05) is 6.07 Å². The summed E-state index contributed by atoms with van der Waals surface area (Å²) in [6.07, 6.45) is -0.289. The smallest absolute Gasteiger partial charge is 0.416 e. The first-order valence-corrected chi connectivity index (χ1v) is 13.4. The Bertz CT molecular complexity index is 1590. The lowest BCUT2D eigenvalue weighted by Crippen LogP contribution is -2.32. The number of hydrogen-bond donors (Lipinski definition) is 2. The number of amides is 1. The van der Waals surface area contributed by atoms with Crippen molar-refractivity contribution in [1.29, 1.82) is 0 Å². The van der Waals surface area contributed by atoms with Gasteiger partial charge in [-0.15, -0.1) is 0 Å². The van der Waals surface area contributed by atoms with E-state index in [-0.39, 0.29) is 12.3 Å². The average molecular weight is 548 g/mol. The fraction of sp³-hybridized carbons (Fsp3) is 0.240. The molecule has 0 saturated carbocycles. The summed E-state index contributed by atoms with van der Waals surface area (Å²) < 4.78 is 69.1. The molecule has 38 heavy (non-hydrogen) atoms. The third-order valence-electron chi connectivity index (χ3n) is 5.45. The highest BCUT2D eigenvalue weighted by Crippen LogP contribution is 2.34. The van der Waals surface area contributed by atoms with Crippen molar-refractivity contribution in [2.45, 2.75) is 19.6 Å². The molecular weight excluding hydrogens is 523 g/mol. The van der Waals surface area contributed by atoms with E-state index in [9.17, 15) is 26.4 Å². The van der Waals surface area contributed by atoms with Crippen LogP contribution in [0.1, 0.15) is 11.1 Å². The summed E-state index contributed by atoms with van der Waals surface area (Å²) in [5, 5.41) is 5.80. The van der Waals surface area contributed by atoms with Gasteiger partial charge in [0.15, 0.2) is 15.7 Å². The Kier molecular flexibility index (Phi) is 7.58. The van der Waals surface area contributed by atoms with Crippen LogP contribution >= 0.6 is 0 Å². The summed E-state index contributed by atoms with van der Waals surface area (Å²) >= 11 is 0. The maximum absolute atomic E-state index is 13.0. The third kappa shape index (κ3) is 6.79. The first kappa shape index (κ1) is 26.9. The second-order valence-corrected chi connectivity index (χ2v) is 10.8. The summed E-state index contributed by atoms with van der Waals surface area (Å²) in [4.78, 5) is 20.4. The molecule has 200 valence electrons. The van der Waals surface area contributed by atoms with E-state index in [0.29, 0.717) is 40.4 Å². The molecule has 1 amide bonds. The van der Waals surface area contributed by atoms with E-state index in [1.54, 1.807) is 37.4 Å². The molecule has 2 heterocycles. The molecule has 13 heteroatoms. The van der Waals surface area contributed by atoms with Crippen LogP contribution in [0, 0.1) is 6.92 Å². The number of halogens is 3. The van der Waals surface area contributed by atoms with Crippen LogP contribution in [0.5, 0.6) is 11.5 Å². The zero-order valence-electron chi connectivity index (χ0n) is 20.4. The van der Waals surface area contributed by atoms with Gasteiger partial charge in [0, 0.05) is 31.2 Å². The second-order valence-electron chi connectivity index (χ2n) is 8.62. The molecule has 4 aromatic rings. The van der Waals surface area contributed by atoms with E-state index in [0.717, 1.165) is 18.4 Å². The van der Waals surface area contributed by atoms with Gasteiger partial charge in [0.2, 0.25) is 5.91 Å². The van der Waals surface area contributed by atoms with Crippen LogP contribution in [-0.2, 0) is 27.4 Å². The quantitative estimate of drug-likeness (QED) is 0.318. The van der Waals surface area contributed by atoms with Gasteiger partial charge < -0.3 is 19.9 Å². The summed E-state index contributed by atoms with van der Waals surface area (Å²) in [6.45, 7) is 2.32. The van der Waals surface area contributed by atoms with Crippen molar-refractivity contribution >= 4 is 38.3 Å². The largest absolute Gasteiger partial charge is 0.457 e. The molecule has 0 fully saturated rings. The Labute approximate surface area is 216 Å². The highest BCUT2D eigenvalue weighted by molar-refractivity contribution is 7.91. The average Bonchev–Trinajstić information content (AvgIpc) is 3.23. The minimum absolute atomic E-state index is 0.0718. The molecule has 0 bridgehead atoms. The number of fused-ring (bicyclic) bond motifs is 1. The Morgan fingerprint density at radius 2 is 1.89 bits per heavy atom. The number of hydrogen-bond acceptors (Lipinski definition) is 7. The van der Waals surface area contributed by atoms with Crippen LogP contribution in [0.4, 0.5) is 24.7 Å². The highest BCUT2D eigenvalue weighted by Gasteiger charge is 2.30.